The molecule has 0 aliphatic carbocycles. The Morgan fingerprint density at radius 2 is 2.36 bits per heavy atom. The first-order chi connectivity index (χ1) is 6.76. The van der Waals surface area contributed by atoms with E-state index < -0.39 is 0 Å². The minimum Gasteiger partial charge on any atom is -0.301 e. The predicted octanol–water partition coefficient (Wildman–Crippen LogP) is 2.53. The fourth-order valence-electron chi connectivity index (χ4n) is 1.45. The maximum atomic E-state index is 8.88. The summed E-state index contributed by atoms with van der Waals surface area (Å²) < 4.78 is 2.93. The van der Waals surface area contributed by atoms with Crippen molar-refractivity contribution in [1.82, 2.24) is 9.38 Å². The number of aromatic nitrogens is 2. The first-order valence-corrected chi connectivity index (χ1v) is 5.12. The van der Waals surface area contributed by atoms with Gasteiger partial charge in [0.15, 0.2) is 5.69 Å². The molecule has 0 amide bonds. The molecule has 0 aliphatic rings. The van der Waals surface area contributed by atoms with Gasteiger partial charge in [0, 0.05) is 17.1 Å². The Kier molecular flexibility index (Phi) is 2.26. The van der Waals surface area contributed by atoms with Crippen LogP contribution in [-0.4, -0.2) is 9.38 Å². The summed E-state index contributed by atoms with van der Waals surface area (Å²) >= 11 is 3.40. The van der Waals surface area contributed by atoms with E-state index in [4.69, 9.17) is 5.26 Å². The first kappa shape index (κ1) is 9.22. The van der Waals surface area contributed by atoms with Gasteiger partial charge in [-0.1, -0.05) is 6.92 Å². The van der Waals surface area contributed by atoms with E-state index in [1.165, 1.54) is 0 Å². The second-order valence-corrected chi connectivity index (χ2v) is 3.86. The molecule has 2 aromatic heterocycles. The summed E-state index contributed by atoms with van der Waals surface area (Å²) in [6.45, 7) is 2.02. The second kappa shape index (κ2) is 3.43. The number of imidazole rings is 1. The van der Waals surface area contributed by atoms with Crippen molar-refractivity contribution in [2.75, 3.05) is 0 Å². The standard InChI is InChI=1S/C10H8BrN3/c1-2-10-13-8(5-12)9-4-3-7(11)6-14(9)10/h3-4,6H,2H2,1H3. The molecule has 2 heterocycles. The summed E-state index contributed by atoms with van der Waals surface area (Å²) in [5.41, 5.74) is 1.36. The van der Waals surface area contributed by atoms with Gasteiger partial charge in [-0.25, -0.2) is 4.98 Å². The van der Waals surface area contributed by atoms with Crippen LogP contribution in [0, 0.1) is 11.3 Å². The van der Waals surface area contributed by atoms with Gasteiger partial charge in [0.2, 0.25) is 0 Å². The monoisotopic (exact) mass is 249 g/mol. The summed E-state index contributed by atoms with van der Waals surface area (Å²) in [7, 11) is 0. The van der Waals surface area contributed by atoms with Gasteiger partial charge in [-0.05, 0) is 28.1 Å². The summed E-state index contributed by atoms with van der Waals surface area (Å²) in [6.07, 6.45) is 2.75. The lowest BCUT2D eigenvalue weighted by Crippen LogP contribution is -1.91. The number of pyridine rings is 1. The zero-order valence-corrected chi connectivity index (χ0v) is 9.24. The molecule has 4 heteroatoms. The van der Waals surface area contributed by atoms with Gasteiger partial charge >= 0.3 is 0 Å². The number of nitriles is 1. The Morgan fingerprint density at radius 1 is 1.57 bits per heavy atom. The molecule has 3 nitrogen and oxygen atoms in total. The van der Waals surface area contributed by atoms with Crippen LogP contribution in [0.1, 0.15) is 18.4 Å². The van der Waals surface area contributed by atoms with Crippen LogP contribution in [0.2, 0.25) is 0 Å². The Hall–Kier alpha value is -1.34. The van der Waals surface area contributed by atoms with Gasteiger partial charge in [0.1, 0.15) is 11.9 Å². The predicted molar refractivity (Wildman–Crippen MR) is 57.0 cm³/mol. The number of hydrogen-bond donors (Lipinski definition) is 0. The normalized spacial score (nSPS) is 10.4. The smallest absolute Gasteiger partial charge is 0.166 e. The van der Waals surface area contributed by atoms with Crippen molar-refractivity contribution in [2.24, 2.45) is 0 Å². The van der Waals surface area contributed by atoms with Gasteiger partial charge in [-0.2, -0.15) is 5.26 Å². The molecule has 0 saturated carbocycles. The zero-order valence-electron chi connectivity index (χ0n) is 7.66. The molecule has 0 bridgehead atoms. The molecule has 0 radical (unpaired) electrons. The highest BCUT2D eigenvalue weighted by atomic mass is 79.9. The average Bonchev–Trinajstić information content (AvgIpc) is 2.55. The Balaban J connectivity index is 2.84. The quantitative estimate of drug-likeness (QED) is 0.780. The third kappa shape index (κ3) is 1.30. The van der Waals surface area contributed by atoms with Crippen molar-refractivity contribution in [1.29, 1.82) is 5.26 Å². The van der Waals surface area contributed by atoms with Gasteiger partial charge in [0.25, 0.3) is 0 Å². The average molecular weight is 250 g/mol. The Bertz CT molecular complexity index is 522. The van der Waals surface area contributed by atoms with Crippen LogP contribution in [0.15, 0.2) is 22.8 Å². The number of nitrogens with zero attached hydrogens (tertiary/aromatic N) is 3. The lowest BCUT2D eigenvalue weighted by Gasteiger charge is -1.97. The second-order valence-electron chi connectivity index (χ2n) is 2.94. The molecule has 2 rings (SSSR count). The van der Waals surface area contributed by atoms with Crippen molar-refractivity contribution in [3.05, 3.63) is 34.3 Å². The van der Waals surface area contributed by atoms with Gasteiger partial charge < -0.3 is 4.40 Å². The zero-order chi connectivity index (χ0) is 10.1. The molecular formula is C10H8BrN3. The third-order valence-corrected chi connectivity index (χ3v) is 2.57. The van der Waals surface area contributed by atoms with Crippen LogP contribution in [0.25, 0.3) is 5.52 Å². The molecule has 0 spiro atoms. The van der Waals surface area contributed by atoms with Crippen molar-refractivity contribution < 1.29 is 0 Å². The van der Waals surface area contributed by atoms with Crippen LogP contribution >= 0.6 is 15.9 Å². The molecule has 2 aromatic rings. The molecule has 70 valence electrons. The minimum absolute atomic E-state index is 0.495. The SMILES string of the molecule is CCc1nc(C#N)c2ccc(Br)cn12. The third-order valence-electron chi connectivity index (χ3n) is 2.10. The molecule has 0 fully saturated rings. The van der Waals surface area contributed by atoms with Crippen LogP contribution < -0.4 is 0 Å². The summed E-state index contributed by atoms with van der Waals surface area (Å²) in [4.78, 5) is 4.25. The van der Waals surface area contributed by atoms with Crippen molar-refractivity contribution in [3.8, 4) is 6.07 Å². The highest BCUT2D eigenvalue weighted by Crippen LogP contribution is 2.17. The van der Waals surface area contributed by atoms with Crippen molar-refractivity contribution in [2.45, 2.75) is 13.3 Å². The Morgan fingerprint density at radius 3 is 3.00 bits per heavy atom. The van der Waals surface area contributed by atoms with E-state index in [0.29, 0.717) is 5.69 Å². The lowest BCUT2D eigenvalue weighted by molar-refractivity contribution is 0.929. The van der Waals surface area contributed by atoms with Crippen molar-refractivity contribution >= 4 is 21.4 Å². The Labute approximate surface area is 90.1 Å². The molecule has 0 aromatic carbocycles. The fraction of sp³-hybridized carbons (Fsp3) is 0.200. The molecule has 0 atom stereocenters. The van der Waals surface area contributed by atoms with Gasteiger partial charge in [0.05, 0.1) is 5.52 Å². The largest absolute Gasteiger partial charge is 0.301 e. The maximum absolute atomic E-state index is 8.88. The topological polar surface area (TPSA) is 41.1 Å². The van der Waals surface area contributed by atoms with Crippen LogP contribution in [0.3, 0.4) is 0 Å². The highest BCUT2D eigenvalue weighted by molar-refractivity contribution is 9.10. The highest BCUT2D eigenvalue weighted by Gasteiger charge is 2.08. The van der Waals surface area contributed by atoms with E-state index in [-0.39, 0.29) is 0 Å². The van der Waals surface area contributed by atoms with Crippen LogP contribution in [0.4, 0.5) is 0 Å². The van der Waals surface area contributed by atoms with E-state index >= 15 is 0 Å². The van der Waals surface area contributed by atoms with E-state index in [0.717, 1.165) is 22.2 Å². The van der Waals surface area contributed by atoms with Crippen LogP contribution in [-0.2, 0) is 6.42 Å². The molecule has 0 aliphatic heterocycles. The van der Waals surface area contributed by atoms with Crippen LogP contribution in [0.5, 0.6) is 0 Å². The molecule has 0 saturated heterocycles. The molecule has 0 N–H and O–H groups in total. The number of fused-ring (bicyclic) bond motifs is 1. The van der Waals surface area contributed by atoms with E-state index in [1.807, 2.05) is 29.7 Å². The molecular weight excluding hydrogens is 242 g/mol. The number of halogens is 1. The maximum Gasteiger partial charge on any atom is 0.166 e. The van der Waals surface area contributed by atoms with Crippen molar-refractivity contribution in [3.63, 3.8) is 0 Å². The van der Waals surface area contributed by atoms with E-state index in [2.05, 4.69) is 27.0 Å². The summed E-state index contributed by atoms with van der Waals surface area (Å²) in [6, 6.07) is 5.91. The lowest BCUT2D eigenvalue weighted by atomic mass is 10.3. The fourth-order valence-corrected chi connectivity index (χ4v) is 1.79. The summed E-state index contributed by atoms with van der Waals surface area (Å²) in [5.74, 6) is 0.915. The molecule has 0 unspecified atom stereocenters. The first-order valence-electron chi connectivity index (χ1n) is 4.33. The van der Waals surface area contributed by atoms with Gasteiger partial charge in [-0.15, -0.1) is 0 Å². The van der Waals surface area contributed by atoms with Gasteiger partial charge in [-0.3, -0.25) is 0 Å². The summed E-state index contributed by atoms with van der Waals surface area (Å²) in [5, 5.41) is 8.88. The molecule has 14 heavy (non-hydrogen) atoms. The number of hydrogen-bond acceptors (Lipinski definition) is 2. The number of aryl methyl sites for hydroxylation is 1. The van der Waals surface area contributed by atoms with E-state index in [9.17, 15) is 0 Å². The number of rotatable bonds is 1. The van der Waals surface area contributed by atoms with E-state index in [1.54, 1.807) is 0 Å². The minimum atomic E-state index is 0.495.